The van der Waals surface area contributed by atoms with E-state index in [1.807, 2.05) is 29.5 Å². The van der Waals surface area contributed by atoms with Crippen molar-refractivity contribution in [3.8, 4) is 56.4 Å². The van der Waals surface area contributed by atoms with Crippen LogP contribution in [-0.2, 0) is 0 Å². The average molecular weight is 590 g/mol. The van der Waals surface area contributed by atoms with Crippen molar-refractivity contribution in [2.24, 2.45) is 0 Å². The molecule has 3 nitrogen and oxygen atoms in total. The number of fused-ring (bicyclic) bond motifs is 8. The Morgan fingerprint density at radius 1 is 0.378 bits per heavy atom. The molecular weight excluding hydrogens is 567 g/mol. The Hall–Kier alpha value is -5.71. The molecule has 0 saturated heterocycles. The first-order chi connectivity index (χ1) is 22.3. The minimum Gasteiger partial charge on any atom is -0.208 e. The molecule has 0 bridgehead atoms. The number of aromatic nitrogens is 3. The van der Waals surface area contributed by atoms with Crippen LogP contribution in [0.15, 0.2) is 140 Å². The average Bonchev–Trinajstić information content (AvgIpc) is 3.65. The van der Waals surface area contributed by atoms with Crippen molar-refractivity contribution in [2.45, 2.75) is 0 Å². The lowest BCUT2D eigenvalue weighted by Gasteiger charge is -2.10. The van der Waals surface area contributed by atoms with Gasteiger partial charge in [-0.1, -0.05) is 121 Å². The summed E-state index contributed by atoms with van der Waals surface area (Å²) in [7, 11) is 0. The monoisotopic (exact) mass is 589 g/mol. The van der Waals surface area contributed by atoms with E-state index >= 15 is 0 Å². The summed E-state index contributed by atoms with van der Waals surface area (Å²) >= 11 is 1.86. The molecule has 0 spiro atoms. The fourth-order valence-electron chi connectivity index (χ4n) is 7.00. The normalized spacial score (nSPS) is 12.0. The van der Waals surface area contributed by atoms with E-state index in [1.165, 1.54) is 58.6 Å². The van der Waals surface area contributed by atoms with Gasteiger partial charge in [0.1, 0.15) is 0 Å². The van der Waals surface area contributed by atoms with Gasteiger partial charge in [0.25, 0.3) is 0 Å². The van der Waals surface area contributed by atoms with E-state index in [0.29, 0.717) is 17.5 Å². The van der Waals surface area contributed by atoms with Gasteiger partial charge in [-0.25, -0.2) is 15.0 Å². The highest BCUT2D eigenvalue weighted by Gasteiger charge is 2.25. The minimum atomic E-state index is 0.669. The largest absolute Gasteiger partial charge is 0.208 e. The fraction of sp³-hybridized carbons (Fsp3) is 0. The molecule has 0 fully saturated rings. The van der Waals surface area contributed by atoms with Gasteiger partial charge in [-0.15, -0.1) is 11.3 Å². The van der Waals surface area contributed by atoms with Crippen LogP contribution in [0, 0.1) is 0 Å². The second kappa shape index (κ2) is 9.39. The van der Waals surface area contributed by atoms with E-state index in [0.717, 1.165) is 22.1 Å². The Balaban J connectivity index is 1.27. The van der Waals surface area contributed by atoms with E-state index in [-0.39, 0.29) is 0 Å². The molecule has 0 unspecified atom stereocenters. The number of hydrogen-bond acceptors (Lipinski definition) is 4. The van der Waals surface area contributed by atoms with Gasteiger partial charge < -0.3 is 0 Å². The number of benzene rings is 7. The van der Waals surface area contributed by atoms with Gasteiger partial charge in [-0.05, 0) is 56.6 Å². The van der Waals surface area contributed by atoms with Gasteiger partial charge in [0.15, 0.2) is 17.5 Å². The standard InChI is InChI=1S/C41H23N3S/c1-2-11-25(12-3-1)39-42-40(27-21-20-24-10-4-5-13-26(24)22-27)44-41(43-39)32-18-9-19-35-37(32)34-23-33-29-15-7-6-14-28(29)30-16-8-17-31(36(30)33)38(34)45-35/h1-23H. The van der Waals surface area contributed by atoms with Crippen LogP contribution in [0.1, 0.15) is 0 Å². The van der Waals surface area contributed by atoms with Gasteiger partial charge in [0.2, 0.25) is 0 Å². The number of nitrogens with zero attached hydrogens (tertiary/aromatic N) is 3. The van der Waals surface area contributed by atoms with Crippen LogP contribution in [0.5, 0.6) is 0 Å². The molecule has 9 aromatic rings. The SMILES string of the molecule is c1ccc(-c2nc(-c3ccc4ccccc4c3)nc(-c3cccc4sc5c6cccc7c6c(cc5c34)-c3ccccc3-7)n2)cc1. The van der Waals surface area contributed by atoms with E-state index in [2.05, 4.69) is 121 Å². The van der Waals surface area contributed by atoms with Crippen molar-refractivity contribution in [3.05, 3.63) is 140 Å². The molecule has 1 aliphatic carbocycles. The van der Waals surface area contributed by atoms with Crippen LogP contribution < -0.4 is 0 Å². The summed E-state index contributed by atoms with van der Waals surface area (Å²) in [4.78, 5) is 15.3. The van der Waals surface area contributed by atoms with Crippen molar-refractivity contribution < 1.29 is 0 Å². The van der Waals surface area contributed by atoms with E-state index in [1.54, 1.807) is 0 Å². The van der Waals surface area contributed by atoms with Gasteiger partial charge in [-0.2, -0.15) is 0 Å². The molecule has 0 radical (unpaired) electrons. The van der Waals surface area contributed by atoms with Crippen molar-refractivity contribution >= 4 is 53.1 Å². The lowest BCUT2D eigenvalue weighted by Crippen LogP contribution is -2.00. The molecule has 4 heteroatoms. The van der Waals surface area contributed by atoms with Crippen LogP contribution in [0.3, 0.4) is 0 Å². The second-order valence-corrected chi connectivity index (χ2v) is 12.6. The summed E-state index contributed by atoms with van der Waals surface area (Å²) < 4.78 is 2.53. The molecular formula is C41H23N3S. The minimum absolute atomic E-state index is 0.669. The first-order valence-electron chi connectivity index (χ1n) is 15.1. The zero-order valence-electron chi connectivity index (χ0n) is 24.0. The molecule has 0 amide bonds. The van der Waals surface area contributed by atoms with Crippen LogP contribution in [-0.4, -0.2) is 15.0 Å². The van der Waals surface area contributed by atoms with Crippen molar-refractivity contribution in [3.63, 3.8) is 0 Å². The highest BCUT2D eigenvalue weighted by Crippen LogP contribution is 2.52. The van der Waals surface area contributed by atoms with E-state index < -0.39 is 0 Å². The second-order valence-electron chi connectivity index (χ2n) is 11.6. The highest BCUT2D eigenvalue weighted by molar-refractivity contribution is 7.26. The molecule has 208 valence electrons. The van der Waals surface area contributed by atoms with Crippen LogP contribution in [0.25, 0.3) is 98.1 Å². The number of rotatable bonds is 3. The Morgan fingerprint density at radius 3 is 1.91 bits per heavy atom. The maximum absolute atomic E-state index is 5.18. The summed E-state index contributed by atoms with van der Waals surface area (Å²) in [5.74, 6) is 2.02. The molecule has 1 aliphatic rings. The van der Waals surface area contributed by atoms with E-state index in [9.17, 15) is 0 Å². The molecule has 45 heavy (non-hydrogen) atoms. The summed E-state index contributed by atoms with van der Waals surface area (Å²) in [6.07, 6.45) is 0. The van der Waals surface area contributed by atoms with E-state index in [4.69, 9.17) is 15.0 Å². The molecule has 0 saturated carbocycles. The third-order valence-corrected chi connectivity index (χ3v) is 10.2. The van der Waals surface area contributed by atoms with Crippen molar-refractivity contribution in [1.29, 1.82) is 0 Å². The van der Waals surface area contributed by atoms with Gasteiger partial charge >= 0.3 is 0 Å². The molecule has 0 aliphatic heterocycles. The Labute approximate surface area is 263 Å². The maximum Gasteiger partial charge on any atom is 0.164 e. The molecule has 10 rings (SSSR count). The summed E-state index contributed by atoms with van der Waals surface area (Å²) in [5.41, 5.74) is 8.19. The fourth-order valence-corrected chi connectivity index (χ4v) is 8.24. The molecule has 2 heterocycles. The zero-order valence-corrected chi connectivity index (χ0v) is 24.8. The Bertz CT molecular complexity index is 2650. The smallest absolute Gasteiger partial charge is 0.164 e. The Morgan fingerprint density at radius 2 is 1.04 bits per heavy atom. The zero-order chi connectivity index (χ0) is 29.5. The molecule has 2 aromatic heterocycles. The van der Waals surface area contributed by atoms with Crippen LogP contribution in [0.2, 0.25) is 0 Å². The summed E-state index contributed by atoms with van der Waals surface area (Å²) in [6, 6.07) is 49.4. The lowest BCUT2D eigenvalue weighted by atomic mass is 9.98. The van der Waals surface area contributed by atoms with Crippen molar-refractivity contribution in [1.82, 2.24) is 15.0 Å². The van der Waals surface area contributed by atoms with Crippen LogP contribution in [0.4, 0.5) is 0 Å². The van der Waals surface area contributed by atoms with Gasteiger partial charge in [-0.3, -0.25) is 0 Å². The molecule has 0 atom stereocenters. The first kappa shape index (κ1) is 24.7. The third kappa shape index (κ3) is 3.67. The lowest BCUT2D eigenvalue weighted by molar-refractivity contribution is 1.08. The predicted octanol–water partition coefficient (Wildman–Crippen LogP) is 11.2. The summed E-state index contributed by atoms with van der Waals surface area (Å²) in [6.45, 7) is 0. The van der Waals surface area contributed by atoms with Gasteiger partial charge in [0.05, 0.1) is 0 Å². The topological polar surface area (TPSA) is 38.7 Å². The Kier molecular flexibility index (Phi) is 5.16. The van der Waals surface area contributed by atoms with Crippen molar-refractivity contribution in [2.75, 3.05) is 0 Å². The number of hydrogen-bond donors (Lipinski definition) is 0. The van der Waals surface area contributed by atoms with Crippen LogP contribution >= 0.6 is 11.3 Å². The number of thiophene rings is 1. The van der Waals surface area contributed by atoms with Gasteiger partial charge in [0, 0.05) is 42.2 Å². The quantitative estimate of drug-likeness (QED) is 0.206. The highest BCUT2D eigenvalue weighted by atomic mass is 32.1. The predicted molar refractivity (Wildman–Crippen MR) is 188 cm³/mol. The third-order valence-electron chi connectivity index (χ3n) is 9.04. The maximum atomic E-state index is 5.18. The summed E-state index contributed by atoms with van der Waals surface area (Å²) in [5, 5.41) is 7.45. The first-order valence-corrected chi connectivity index (χ1v) is 15.9. The molecule has 0 N–H and O–H groups in total. The molecule has 7 aromatic carbocycles.